The summed E-state index contributed by atoms with van der Waals surface area (Å²) in [5, 5.41) is 11.4. The largest absolute Gasteiger partial charge is 0.497 e. The van der Waals surface area contributed by atoms with Crippen molar-refractivity contribution < 1.29 is 27.4 Å². The minimum Gasteiger partial charge on any atom is -0.497 e. The van der Waals surface area contributed by atoms with Gasteiger partial charge >= 0.3 is 0 Å². The van der Waals surface area contributed by atoms with Gasteiger partial charge in [0.05, 0.1) is 19.1 Å². The van der Waals surface area contributed by atoms with Gasteiger partial charge < -0.3 is 14.6 Å². The second kappa shape index (κ2) is 9.32. The molecule has 3 aromatic carbocycles. The zero-order chi connectivity index (χ0) is 22.5. The van der Waals surface area contributed by atoms with Gasteiger partial charge in [-0.2, -0.15) is 0 Å². The van der Waals surface area contributed by atoms with Gasteiger partial charge in [-0.25, -0.2) is 12.8 Å². The van der Waals surface area contributed by atoms with Crippen LogP contribution in [0.25, 0.3) is 6.08 Å². The summed E-state index contributed by atoms with van der Waals surface area (Å²) < 4.78 is 51.8. The first-order chi connectivity index (χ1) is 14.8. The van der Waals surface area contributed by atoms with E-state index in [1.165, 1.54) is 68.8 Å². The van der Waals surface area contributed by atoms with Crippen LogP contribution in [-0.4, -0.2) is 33.2 Å². The molecule has 0 saturated heterocycles. The highest BCUT2D eigenvalue weighted by atomic mass is 32.2. The van der Waals surface area contributed by atoms with Crippen LogP contribution in [0, 0.1) is 0 Å². The van der Waals surface area contributed by atoms with Crippen LogP contribution in [0.3, 0.4) is 0 Å². The van der Waals surface area contributed by atoms with Crippen molar-refractivity contribution in [3.63, 3.8) is 0 Å². The molecule has 0 aromatic heterocycles. The first-order valence-electron chi connectivity index (χ1n) is 9.44. The standard InChI is InChI=1S/C24H23FO5S/c1-29-20-12-8-18(9-13-20)16-17-24(26,19-10-14-21(30-2)15-11-19)23(25)31(27,28)22-6-4-3-5-7-22/h3-17,23,26H,1-2H3/b17-16+. The number of methoxy groups -OCH3 is 2. The average Bonchev–Trinajstić information content (AvgIpc) is 2.83. The van der Waals surface area contributed by atoms with Crippen LogP contribution in [-0.2, 0) is 15.4 Å². The Kier molecular flexibility index (Phi) is 6.77. The Morgan fingerprint density at radius 3 is 1.90 bits per heavy atom. The topological polar surface area (TPSA) is 72.8 Å². The molecule has 0 saturated carbocycles. The number of aliphatic hydroxyl groups is 1. The third-order valence-corrected chi connectivity index (χ3v) is 6.72. The van der Waals surface area contributed by atoms with E-state index in [0.29, 0.717) is 17.1 Å². The zero-order valence-corrected chi connectivity index (χ0v) is 17.9. The van der Waals surface area contributed by atoms with Crippen molar-refractivity contribution in [2.75, 3.05) is 14.2 Å². The Morgan fingerprint density at radius 1 is 0.871 bits per heavy atom. The predicted molar refractivity (Wildman–Crippen MR) is 117 cm³/mol. The van der Waals surface area contributed by atoms with Gasteiger partial charge in [0.2, 0.25) is 15.3 Å². The molecule has 162 valence electrons. The Balaban J connectivity index is 2.07. The van der Waals surface area contributed by atoms with Crippen LogP contribution >= 0.6 is 0 Å². The molecule has 5 nitrogen and oxygen atoms in total. The lowest BCUT2D eigenvalue weighted by atomic mass is 9.93. The Labute approximate surface area is 181 Å². The molecule has 3 aromatic rings. The number of ether oxygens (including phenoxy) is 2. The van der Waals surface area contributed by atoms with Crippen molar-refractivity contribution in [2.24, 2.45) is 0 Å². The summed E-state index contributed by atoms with van der Waals surface area (Å²) in [6.45, 7) is 0. The lowest BCUT2D eigenvalue weighted by Crippen LogP contribution is -2.40. The van der Waals surface area contributed by atoms with Gasteiger partial charge in [0.25, 0.3) is 0 Å². The second-order valence-electron chi connectivity index (χ2n) is 6.83. The molecule has 2 atom stereocenters. The van der Waals surface area contributed by atoms with Gasteiger partial charge in [-0.3, -0.25) is 0 Å². The maximum atomic E-state index is 15.7. The van der Waals surface area contributed by atoms with Gasteiger partial charge in [0, 0.05) is 0 Å². The summed E-state index contributed by atoms with van der Waals surface area (Å²) in [5.74, 6) is 1.13. The quantitative estimate of drug-likeness (QED) is 0.561. The Hall–Kier alpha value is -3.16. The molecule has 1 N–H and O–H groups in total. The monoisotopic (exact) mass is 442 g/mol. The summed E-state index contributed by atoms with van der Waals surface area (Å²) in [7, 11) is -1.48. The summed E-state index contributed by atoms with van der Waals surface area (Å²) >= 11 is 0. The van der Waals surface area contributed by atoms with Crippen LogP contribution in [0.2, 0.25) is 0 Å². The average molecular weight is 443 g/mol. The minimum absolute atomic E-state index is 0.0741. The van der Waals surface area contributed by atoms with E-state index in [1.54, 1.807) is 30.3 Å². The number of halogens is 1. The summed E-state index contributed by atoms with van der Waals surface area (Å²) in [6.07, 6.45) is 2.62. The maximum Gasteiger partial charge on any atom is 0.241 e. The van der Waals surface area contributed by atoms with E-state index < -0.39 is 20.9 Å². The van der Waals surface area contributed by atoms with Crippen LogP contribution in [0.1, 0.15) is 11.1 Å². The molecular weight excluding hydrogens is 419 g/mol. The van der Waals surface area contributed by atoms with Gasteiger partial charge in [-0.1, -0.05) is 48.5 Å². The highest BCUT2D eigenvalue weighted by Gasteiger charge is 2.46. The molecule has 0 aliphatic carbocycles. The van der Waals surface area contributed by atoms with E-state index in [2.05, 4.69) is 0 Å². The molecule has 0 aliphatic rings. The first-order valence-corrected chi connectivity index (χ1v) is 11.0. The molecule has 7 heteroatoms. The Bertz CT molecular complexity index is 1130. The number of hydrogen-bond acceptors (Lipinski definition) is 5. The summed E-state index contributed by atoms with van der Waals surface area (Å²) in [6, 6.07) is 20.0. The number of sulfone groups is 1. The molecule has 3 rings (SSSR count). The number of alkyl halides is 1. The minimum atomic E-state index is -4.49. The number of benzene rings is 3. The van der Waals surface area contributed by atoms with Crippen LogP contribution in [0.4, 0.5) is 4.39 Å². The molecule has 0 radical (unpaired) electrons. The highest BCUT2D eigenvalue weighted by molar-refractivity contribution is 7.92. The highest BCUT2D eigenvalue weighted by Crippen LogP contribution is 2.36. The van der Waals surface area contributed by atoms with Crippen molar-refractivity contribution in [3.05, 3.63) is 96.1 Å². The van der Waals surface area contributed by atoms with Crippen LogP contribution in [0.15, 0.2) is 89.8 Å². The first kappa shape index (κ1) is 22.5. The summed E-state index contributed by atoms with van der Waals surface area (Å²) in [5.41, 5.74) is -4.38. The number of hydrogen-bond donors (Lipinski definition) is 1. The fourth-order valence-electron chi connectivity index (χ4n) is 3.07. The Morgan fingerprint density at radius 2 is 1.39 bits per heavy atom. The van der Waals surface area contributed by atoms with E-state index in [-0.39, 0.29) is 10.5 Å². The van der Waals surface area contributed by atoms with Crippen LogP contribution < -0.4 is 9.47 Å². The van der Waals surface area contributed by atoms with E-state index in [0.717, 1.165) is 6.08 Å². The fourth-order valence-corrected chi connectivity index (χ4v) is 4.53. The maximum absolute atomic E-state index is 15.7. The lowest BCUT2D eigenvalue weighted by Gasteiger charge is -2.29. The molecule has 2 unspecified atom stereocenters. The molecule has 0 amide bonds. The van der Waals surface area contributed by atoms with Gasteiger partial charge in [-0.05, 0) is 53.6 Å². The molecule has 31 heavy (non-hydrogen) atoms. The van der Waals surface area contributed by atoms with Crippen molar-refractivity contribution >= 4 is 15.9 Å². The van der Waals surface area contributed by atoms with Crippen molar-refractivity contribution in [1.29, 1.82) is 0 Å². The van der Waals surface area contributed by atoms with E-state index >= 15 is 4.39 Å². The van der Waals surface area contributed by atoms with Crippen molar-refractivity contribution in [3.8, 4) is 11.5 Å². The number of rotatable bonds is 8. The van der Waals surface area contributed by atoms with E-state index in [9.17, 15) is 13.5 Å². The molecule has 0 aliphatic heterocycles. The summed E-state index contributed by atoms with van der Waals surface area (Å²) in [4.78, 5) is -0.215. The van der Waals surface area contributed by atoms with E-state index in [1.807, 2.05) is 0 Å². The fraction of sp³-hybridized carbons (Fsp3) is 0.167. The molecule has 0 spiro atoms. The molecule has 0 bridgehead atoms. The molecule has 0 fully saturated rings. The van der Waals surface area contributed by atoms with Crippen LogP contribution in [0.5, 0.6) is 11.5 Å². The predicted octanol–water partition coefficient (Wildman–Crippen LogP) is 4.37. The van der Waals surface area contributed by atoms with E-state index in [4.69, 9.17) is 9.47 Å². The van der Waals surface area contributed by atoms with Gasteiger partial charge in [-0.15, -0.1) is 0 Å². The normalized spacial score (nSPS) is 14.7. The zero-order valence-electron chi connectivity index (χ0n) is 17.1. The lowest BCUT2D eigenvalue weighted by molar-refractivity contribution is 0.0399. The van der Waals surface area contributed by atoms with Crippen molar-refractivity contribution in [2.45, 2.75) is 16.0 Å². The van der Waals surface area contributed by atoms with Crippen molar-refractivity contribution in [1.82, 2.24) is 0 Å². The molecule has 0 heterocycles. The van der Waals surface area contributed by atoms with Gasteiger partial charge in [0.1, 0.15) is 11.5 Å². The smallest absolute Gasteiger partial charge is 0.241 e. The third-order valence-electron chi connectivity index (χ3n) is 4.89. The van der Waals surface area contributed by atoms with Gasteiger partial charge in [0.15, 0.2) is 5.60 Å². The second-order valence-corrected chi connectivity index (χ2v) is 8.81. The SMILES string of the molecule is COc1ccc(/C=C/C(O)(c2ccc(OC)cc2)C(F)S(=O)(=O)c2ccccc2)cc1. The molecular formula is C24H23FO5S. The third kappa shape index (κ3) is 4.78.